The highest BCUT2D eigenvalue weighted by atomic mass is 19.4. The average molecular weight is 478 g/mol. The van der Waals surface area contributed by atoms with E-state index in [1.807, 2.05) is 9.80 Å². The van der Waals surface area contributed by atoms with Crippen molar-refractivity contribution in [2.75, 3.05) is 54.5 Å². The van der Waals surface area contributed by atoms with E-state index in [1.54, 1.807) is 18.2 Å². The fourth-order valence-corrected chi connectivity index (χ4v) is 4.40. The minimum absolute atomic E-state index is 0.00419. The van der Waals surface area contributed by atoms with Gasteiger partial charge in [0.2, 0.25) is 5.91 Å². The second-order valence-corrected chi connectivity index (χ2v) is 8.33. The Hall–Kier alpha value is -3.34. The molecule has 2 heterocycles. The zero-order chi connectivity index (χ0) is 24.3. The number of alkyl halides is 3. The van der Waals surface area contributed by atoms with Gasteiger partial charge in [0.25, 0.3) is 5.69 Å². The number of anilines is 3. The lowest BCUT2D eigenvalue weighted by molar-refractivity contribution is -0.384. The van der Waals surface area contributed by atoms with Crippen LogP contribution in [0.1, 0.15) is 18.4 Å². The third-order valence-corrected chi connectivity index (χ3v) is 6.22. The molecule has 2 aromatic carbocycles. The second-order valence-electron chi connectivity index (χ2n) is 8.33. The van der Waals surface area contributed by atoms with E-state index in [9.17, 15) is 28.1 Å². The van der Waals surface area contributed by atoms with Crippen LogP contribution in [0.5, 0.6) is 0 Å². The molecule has 1 N–H and O–H groups in total. The van der Waals surface area contributed by atoms with Crippen LogP contribution in [-0.2, 0) is 15.7 Å². The summed E-state index contributed by atoms with van der Waals surface area (Å²) in [5.41, 5.74) is 0.333. The van der Waals surface area contributed by atoms with Crippen molar-refractivity contribution in [2.24, 2.45) is 5.92 Å². The van der Waals surface area contributed by atoms with E-state index in [2.05, 4.69) is 5.32 Å². The third-order valence-electron chi connectivity index (χ3n) is 6.22. The zero-order valence-corrected chi connectivity index (χ0v) is 18.4. The van der Waals surface area contributed by atoms with Crippen LogP contribution in [0, 0.1) is 16.0 Å². The highest BCUT2D eigenvalue weighted by Gasteiger charge is 2.33. The van der Waals surface area contributed by atoms with Gasteiger partial charge >= 0.3 is 6.18 Å². The topological polar surface area (TPSA) is 88.0 Å². The number of morpholine rings is 1. The van der Waals surface area contributed by atoms with Crippen molar-refractivity contribution < 1.29 is 27.6 Å². The van der Waals surface area contributed by atoms with E-state index >= 15 is 0 Å². The summed E-state index contributed by atoms with van der Waals surface area (Å²) in [5, 5.41) is 14.0. The second kappa shape index (κ2) is 9.88. The number of nitrogens with zero attached hydrogens (tertiary/aromatic N) is 3. The number of benzene rings is 2. The maximum atomic E-state index is 13.3. The monoisotopic (exact) mass is 478 g/mol. The van der Waals surface area contributed by atoms with Crippen LogP contribution in [0.2, 0.25) is 0 Å². The molecule has 0 saturated carbocycles. The van der Waals surface area contributed by atoms with Crippen molar-refractivity contribution in [3.05, 3.63) is 58.1 Å². The Morgan fingerprint density at radius 1 is 1.00 bits per heavy atom. The molecule has 0 aromatic heterocycles. The minimum atomic E-state index is -4.53. The quantitative estimate of drug-likeness (QED) is 0.509. The van der Waals surface area contributed by atoms with Crippen LogP contribution < -0.4 is 15.1 Å². The summed E-state index contributed by atoms with van der Waals surface area (Å²) in [6.45, 7) is 2.81. The lowest BCUT2D eigenvalue weighted by Crippen LogP contribution is -2.39. The van der Waals surface area contributed by atoms with E-state index in [0.29, 0.717) is 63.6 Å². The highest BCUT2D eigenvalue weighted by Crippen LogP contribution is 2.37. The smallest absolute Gasteiger partial charge is 0.378 e. The van der Waals surface area contributed by atoms with Crippen molar-refractivity contribution in [1.82, 2.24) is 0 Å². The van der Waals surface area contributed by atoms with Gasteiger partial charge in [0.05, 0.1) is 35.1 Å². The molecule has 1 amide bonds. The molecule has 2 aliphatic rings. The number of nitro groups is 1. The first kappa shape index (κ1) is 23.8. The maximum Gasteiger partial charge on any atom is 0.416 e. The Kier molecular flexibility index (Phi) is 6.92. The lowest BCUT2D eigenvalue weighted by atomic mass is 9.95. The number of para-hydroxylation sites is 2. The third kappa shape index (κ3) is 5.24. The van der Waals surface area contributed by atoms with E-state index < -0.39 is 22.6 Å². The number of amides is 1. The fourth-order valence-electron chi connectivity index (χ4n) is 4.40. The molecular formula is C23H25F3N4O4. The molecule has 2 fully saturated rings. The fraction of sp³-hybridized carbons (Fsp3) is 0.435. The molecule has 0 spiro atoms. The largest absolute Gasteiger partial charge is 0.416 e. The molecule has 0 radical (unpaired) electrons. The number of ether oxygens (including phenoxy) is 1. The van der Waals surface area contributed by atoms with E-state index in [4.69, 9.17) is 4.74 Å². The van der Waals surface area contributed by atoms with Crippen LogP contribution in [0.3, 0.4) is 0 Å². The van der Waals surface area contributed by atoms with Gasteiger partial charge in [-0.3, -0.25) is 14.9 Å². The number of piperidine rings is 1. The standard InChI is InChI=1S/C23H25F3N4O4/c24-23(25,26)17-5-6-19(29-11-13-34-14-12-29)18(15-17)27-22(31)16-7-9-28(10-8-16)20-3-1-2-4-21(20)30(32)33/h1-6,15-16H,7-14H2,(H,27,31). The molecule has 0 atom stereocenters. The summed E-state index contributed by atoms with van der Waals surface area (Å²) < 4.78 is 45.3. The van der Waals surface area contributed by atoms with Crippen molar-refractivity contribution in [2.45, 2.75) is 19.0 Å². The van der Waals surface area contributed by atoms with Crippen molar-refractivity contribution in [3.63, 3.8) is 0 Å². The van der Waals surface area contributed by atoms with Crippen LogP contribution >= 0.6 is 0 Å². The Morgan fingerprint density at radius 3 is 2.29 bits per heavy atom. The Morgan fingerprint density at radius 2 is 1.65 bits per heavy atom. The van der Waals surface area contributed by atoms with Gasteiger partial charge in [-0.15, -0.1) is 0 Å². The Labute approximate surface area is 194 Å². The molecule has 34 heavy (non-hydrogen) atoms. The summed E-state index contributed by atoms with van der Waals surface area (Å²) in [5.74, 6) is -0.762. The summed E-state index contributed by atoms with van der Waals surface area (Å²) in [6, 6.07) is 9.83. The Bertz CT molecular complexity index is 1050. The van der Waals surface area contributed by atoms with E-state index in [1.165, 1.54) is 12.1 Å². The number of hydrogen-bond acceptors (Lipinski definition) is 6. The van der Waals surface area contributed by atoms with Crippen LogP contribution in [0.25, 0.3) is 0 Å². The summed E-state index contributed by atoms with van der Waals surface area (Å²) in [4.78, 5) is 27.7. The van der Waals surface area contributed by atoms with Gasteiger partial charge in [0.1, 0.15) is 5.69 Å². The molecule has 0 aliphatic carbocycles. The van der Waals surface area contributed by atoms with Gasteiger partial charge in [0, 0.05) is 38.2 Å². The predicted octanol–water partition coefficient (Wildman–Crippen LogP) is 4.31. The molecule has 8 nitrogen and oxygen atoms in total. The average Bonchev–Trinajstić information content (AvgIpc) is 2.84. The highest BCUT2D eigenvalue weighted by molar-refractivity contribution is 5.96. The van der Waals surface area contributed by atoms with Crippen LogP contribution in [-0.4, -0.2) is 50.2 Å². The molecule has 182 valence electrons. The molecule has 2 saturated heterocycles. The van der Waals surface area contributed by atoms with E-state index in [-0.39, 0.29) is 17.3 Å². The molecule has 0 unspecified atom stereocenters. The van der Waals surface area contributed by atoms with Crippen LogP contribution in [0.15, 0.2) is 42.5 Å². The first-order valence-electron chi connectivity index (χ1n) is 11.1. The summed E-state index contributed by atoms with van der Waals surface area (Å²) in [6.07, 6.45) is -3.66. The van der Waals surface area contributed by atoms with Gasteiger partial charge in [-0.25, -0.2) is 0 Å². The van der Waals surface area contributed by atoms with Crippen molar-refractivity contribution in [3.8, 4) is 0 Å². The predicted molar refractivity (Wildman–Crippen MR) is 121 cm³/mol. The molecule has 2 aromatic rings. The van der Waals surface area contributed by atoms with Gasteiger partial charge in [-0.1, -0.05) is 12.1 Å². The number of nitrogens with one attached hydrogen (secondary N) is 1. The number of nitro benzene ring substituents is 1. The normalized spacial score (nSPS) is 17.5. The first-order valence-corrected chi connectivity index (χ1v) is 11.1. The van der Waals surface area contributed by atoms with Crippen molar-refractivity contribution >= 4 is 28.7 Å². The van der Waals surface area contributed by atoms with Crippen LogP contribution in [0.4, 0.5) is 35.9 Å². The van der Waals surface area contributed by atoms with Gasteiger partial charge in [-0.2, -0.15) is 13.2 Å². The first-order chi connectivity index (χ1) is 16.2. The summed E-state index contributed by atoms with van der Waals surface area (Å²) in [7, 11) is 0. The molecule has 2 aliphatic heterocycles. The van der Waals surface area contributed by atoms with E-state index in [0.717, 1.165) is 12.1 Å². The Balaban J connectivity index is 1.48. The molecular weight excluding hydrogens is 453 g/mol. The van der Waals surface area contributed by atoms with Crippen molar-refractivity contribution in [1.29, 1.82) is 0 Å². The summed E-state index contributed by atoms with van der Waals surface area (Å²) >= 11 is 0. The maximum absolute atomic E-state index is 13.3. The number of carbonyl (C=O) groups is 1. The molecule has 4 rings (SSSR count). The minimum Gasteiger partial charge on any atom is -0.378 e. The van der Waals surface area contributed by atoms with Gasteiger partial charge in [0.15, 0.2) is 0 Å². The number of halogens is 3. The lowest BCUT2D eigenvalue weighted by Gasteiger charge is -2.33. The molecule has 0 bridgehead atoms. The SMILES string of the molecule is O=C(Nc1cc(C(F)(F)F)ccc1N1CCOCC1)C1CCN(c2ccccc2[N+](=O)[O-])CC1. The zero-order valence-electron chi connectivity index (χ0n) is 18.4. The molecule has 11 heteroatoms. The number of rotatable bonds is 5. The van der Waals surface area contributed by atoms with Gasteiger partial charge < -0.3 is 19.9 Å². The number of carbonyl (C=O) groups excluding carboxylic acids is 1. The van der Waals surface area contributed by atoms with Gasteiger partial charge in [-0.05, 0) is 37.1 Å². The number of hydrogen-bond donors (Lipinski definition) is 1.